The fourth-order valence-electron chi connectivity index (χ4n) is 10.1. The second-order valence-electron chi connectivity index (χ2n) is 19.9. The number of hydrogen-bond donors (Lipinski definition) is 6. The smallest absolute Gasteiger partial charge is 0.335 e. The number of methoxy groups -OCH3 is 2. The molecule has 6 aromatic heterocycles. The van der Waals surface area contributed by atoms with Crippen LogP contribution in [-0.4, -0.2) is 90.3 Å². The van der Waals surface area contributed by atoms with E-state index in [0.29, 0.717) is 57.8 Å². The van der Waals surface area contributed by atoms with Crippen molar-refractivity contribution in [1.82, 2.24) is 38.7 Å². The molecule has 6 heterocycles. The number of phenols is 4. The topological polar surface area (TPSA) is 277 Å². The summed E-state index contributed by atoms with van der Waals surface area (Å²) in [5.41, 5.74) is 15.7. The van der Waals surface area contributed by atoms with Crippen LogP contribution in [0.2, 0.25) is 0 Å². The van der Waals surface area contributed by atoms with E-state index in [4.69, 9.17) is 44.2 Å². The highest BCUT2D eigenvalue weighted by molar-refractivity contribution is 5.95. The lowest BCUT2D eigenvalue weighted by Gasteiger charge is -2.13. The molecule has 0 unspecified atom stereocenters. The number of carbonyl (C=O) groups is 2. The number of benzene rings is 6. The molecule has 424 valence electrons. The Morgan fingerprint density at radius 3 is 1.35 bits per heavy atom. The first-order valence-corrected chi connectivity index (χ1v) is 26.8. The summed E-state index contributed by atoms with van der Waals surface area (Å²) >= 11 is 0. The van der Waals surface area contributed by atoms with Crippen molar-refractivity contribution in [2.75, 3.05) is 14.2 Å². The summed E-state index contributed by atoms with van der Waals surface area (Å²) in [6.07, 6.45) is 1.50. The van der Waals surface area contributed by atoms with Gasteiger partial charge in [-0.05, 0) is 171 Å². The summed E-state index contributed by atoms with van der Waals surface area (Å²) in [7, 11) is 2.97. The number of aryl methyl sites for hydroxylation is 4. The third kappa shape index (κ3) is 10.6. The largest absolute Gasteiger partial charge is 0.507 e. The lowest BCUT2D eigenvalue weighted by molar-refractivity contribution is 0.0696. The molecule has 0 saturated carbocycles. The Kier molecular flexibility index (Phi) is 14.7. The van der Waals surface area contributed by atoms with Crippen LogP contribution in [0.1, 0.15) is 68.6 Å². The van der Waals surface area contributed by atoms with E-state index in [1.165, 1.54) is 50.6 Å². The molecule has 20 nitrogen and oxygen atoms in total. The monoisotopic (exact) mass is 1130 g/mol. The highest BCUT2D eigenvalue weighted by atomic mass is 16.5. The number of rotatable bonds is 16. The van der Waals surface area contributed by atoms with Crippen LogP contribution >= 0.6 is 0 Å². The predicted octanol–water partition coefficient (Wildman–Crippen LogP) is 11.8. The van der Waals surface area contributed by atoms with E-state index in [2.05, 4.69) is 0 Å². The number of aromatic hydroxyl groups is 4. The Balaban J connectivity index is 0.000000175. The molecule has 0 aliphatic rings. The molecule has 12 aromatic rings. The lowest BCUT2D eigenvalue weighted by atomic mass is 10.1. The van der Waals surface area contributed by atoms with Crippen LogP contribution in [0, 0.1) is 13.8 Å². The second-order valence-corrected chi connectivity index (χ2v) is 19.9. The number of aromatic nitrogens is 8. The van der Waals surface area contributed by atoms with Gasteiger partial charge in [-0.2, -0.15) is 10.2 Å². The molecule has 0 saturated heterocycles. The Morgan fingerprint density at radius 1 is 0.524 bits per heavy atom. The summed E-state index contributed by atoms with van der Waals surface area (Å²) < 4.78 is 29.7. The van der Waals surface area contributed by atoms with Crippen molar-refractivity contribution in [3.63, 3.8) is 0 Å². The van der Waals surface area contributed by atoms with Crippen molar-refractivity contribution in [2.24, 2.45) is 5.73 Å². The third-order valence-electron chi connectivity index (χ3n) is 14.4. The fourth-order valence-corrected chi connectivity index (χ4v) is 10.1. The zero-order chi connectivity index (χ0) is 59.1. The van der Waals surface area contributed by atoms with Crippen molar-refractivity contribution >= 4 is 33.9 Å². The quantitative estimate of drug-likeness (QED) is 0.0525. The molecular weight excluding hydrogens is 1070 g/mol. The molecule has 0 atom stereocenters. The molecule has 1 amide bonds. The number of carboxylic acid groups (broad SMARTS) is 1. The molecule has 0 aliphatic heterocycles. The number of fused-ring (bicyclic) bond motifs is 2. The van der Waals surface area contributed by atoms with E-state index in [9.17, 15) is 35.1 Å². The Morgan fingerprint density at radius 2 is 0.964 bits per heavy atom. The predicted molar refractivity (Wildman–Crippen MR) is 315 cm³/mol. The highest BCUT2D eigenvalue weighted by Gasteiger charge is 2.24. The first-order chi connectivity index (χ1) is 40.5. The standard InChI is InChI=1S/C32H29N5O5.C32H28N4O6/c1-4-21-15-26(29-11-5-18(2)42-29)37(35-21)22-8-9-25-24(16-22)34-32(23-14-20(31(33)40)7-10-27(23)38)36(25)17-19-6-12-30(41-3)28(39)13-19;1-4-21-15-26(29-11-5-18(2)42-29)36(34-21)22-8-9-25-24(16-22)33-31(23-14-20(32(39)40)7-10-27(23)37)35(25)17-19-6-12-30(41-3)28(38)13-19/h5-16,38-39H,4,17H2,1-3H3,(H2,33,40);5-16,37-38H,4,17H2,1-3H3,(H,39,40). The summed E-state index contributed by atoms with van der Waals surface area (Å²) in [6, 6.07) is 42.0. The van der Waals surface area contributed by atoms with Crippen molar-refractivity contribution in [3.8, 4) is 91.6 Å². The minimum atomic E-state index is -1.12. The van der Waals surface area contributed by atoms with Gasteiger partial charge in [0.15, 0.2) is 34.5 Å². The van der Waals surface area contributed by atoms with Crippen LogP contribution in [0.25, 0.3) is 79.1 Å². The van der Waals surface area contributed by atoms with E-state index in [1.54, 1.807) is 24.3 Å². The maximum atomic E-state index is 12.0. The van der Waals surface area contributed by atoms with Crippen LogP contribution in [0.3, 0.4) is 0 Å². The van der Waals surface area contributed by atoms with Gasteiger partial charge in [0, 0.05) is 18.7 Å². The van der Waals surface area contributed by atoms with Crippen molar-refractivity contribution < 1.29 is 53.4 Å². The van der Waals surface area contributed by atoms with Gasteiger partial charge in [0.05, 0.1) is 75.7 Å². The number of ether oxygens (including phenoxy) is 2. The molecule has 20 heteroatoms. The molecule has 0 radical (unpaired) electrons. The number of hydrogen-bond acceptors (Lipinski definition) is 14. The van der Waals surface area contributed by atoms with Crippen LogP contribution in [-0.2, 0) is 25.9 Å². The second kappa shape index (κ2) is 22.5. The van der Waals surface area contributed by atoms with Crippen LogP contribution in [0.15, 0.2) is 154 Å². The third-order valence-corrected chi connectivity index (χ3v) is 14.4. The van der Waals surface area contributed by atoms with E-state index in [-0.39, 0.29) is 46.2 Å². The number of furan rings is 2. The van der Waals surface area contributed by atoms with Gasteiger partial charge in [-0.25, -0.2) is 24.1 Å². The van der Waals surface area contributed by atoms with Gasteiger partial charge in [-0.1, -0.05) is 26.0 Å². The number of imidazole rings is 2. The normalized spacial score (nSPS) is 11.3. The molecule has 84 heavy (non-hydrogen) atoms. The van der Waals surface area contributed by atoms with Crippen molar-refractivity contribution in [2.45, 2.75) is 53.6 Å². The zero-order valence-electron chi connectivity index (χ0n) is 46.5. The highest BCUT2D eigenvalue weighted by Crippen LogP contribution is 2.38. The van der Waals surface area contributed by atoms with Crippen LogP contribution < -0.4 is 15.2 Å². The number of amides is 1. The number of nitrogens with two attached hydrogens (primary N) is 1. The number of primary amides is 1. The first-order valence-electron chi connectivity index (χ1n) is 26.8. The van der Waals surface area contributed by atoms with Gasteiger partial charge in [-0.15, -0.1) is 0 Å². The van der Waals surface area contributed by atoms with E-state index < -0.39 is 11.9 Å². The van der Waals surface area contributed by atoms with E-state index in [1.807, 2.05) is 131 Å². The number of phenolic OH excluding ortho intramolecular Hbond substituents is 4. The minimum absolute atomic E-state index is 0.00735. The maximum Gasteiger partial charge on any atom is 0.335 e. The summed E-state index contributed by atoms with van der Waals surface area (Å²) in [5, 5.41) is 61.7. The van der Waals surface area contributed by atoms with Gasteiger partial charge in [0.1, 0.15) is 46.1 Å². The molecule has 0 spiro atoms. The number of carboxylic acids is 1. The van der Waals surface area contributed by atoms with Gasteiger partial charge in [0.2, 0.25) is 5.91 Å². The van der Waals surface area contributed by atoms with Crippen molar-refractivity contribution in [3.05, 3.63) is 191 Å². The molecule has 7 N–H and O–H groups in total. The Hall–Kier alpha value is -11.0. The first kappa shape index (κ1) is 54.9. The fraction of sp³-hybridized carbons (Fsp3) is 0.156. The average Bonchev–Trinajstić information content (AvgIpc) is 2.87. The summed E-state index contributed by atoms with van der Waals surface area (Å²) in [6.45, 7) is 8.46. The number of carbonyl (C=O) groups excluding carboxylic acids is 1. The molecular formula is C64H57N9O11. The SMILES string of the molecule is CCc1cc(-c2ccc(C)o2)n(-c2ccc3c(c2)nc(-c2cc(C(=O)O)ccc2O)n3Cc2ccc(OC)c(O)c2)n1.CCc1cc(-c2ccc(C)o2)n(-c2ccc3c(c2)nc(-c2cc(C(N)=O)ccc2O)n3Cc2ccc(OC)c(O)c2)n1. The Labute approximate surface area is 480 Å². The van der Waals surface area contributed by atoms with Gasteiger partial charge in [-0.3, -0.25) is 4.79 Å². The minimum Gasteiger partial charge on any atom is -0.507 e. The zero-order valence-corrected chi connectivity index (χ0v) is 46.5. The summed E-state index contributed by atoms with van der Waals surface area (Å²) in [5.74, 6) is 2.60. The average molecular weight is 1130 g/mol. The molecule has 0 aliphatic carbocycles. The molecule has 6 aromatic carbocycles. The maximum absolute atomic E-state index is 12.0. The molecule has 0 fully saturated rings. The van der Waals surface area contributed by atoms with Gasteiger partial charge < -0.3 is 58.7 Å². The van der Waals surface area contributed by atoms with Crippen LogP contribution in [0.4, 0.5) is 0 Å². The number of nitrogens with zero attached hydrogens (tertiary/aromatic N) is 8. The van der Waals surface area contributed by atoms with Gasteiger partial charge >= 0.3 is 5.97 Å². The lowest BCUT2D eigenvalue weighted by Crippen LogP contribution is -2.11. The Bertz CT molecular complexity index is 4210. The molecule has 0 bridgehead atoms. The summed E-state index contributed by atoms with van der Waals surface area (Å²) in [4.78, 5) is 33.5. The van der Waals surface area contributed by atoms with Gasteiger partial charge in [0.25, 0.3) is 0 Å². The van der Waals surface area contributed by atoms with Crippen LogP contribution in [0.5, 0.6) is 34.5 Å². The van der Waals surface area contributed by atoms with E-state index >= 15 is 0 Å². The van der Waals surface area contributed by atoms with Crippen molar-refractivity contribution in [1.29, 1.82) is 0 Å². The van der Waals surface area contributed by atoms with E-state index in [0.717, 1.165) is 80.7 Å². The molecule has 12 rings (SSSR count). The number of aromatic carboxylic acids is 1.